The van der Waals surface area contributed by atoms with Crippen molar-refractivity contribution in [3.63, 3.8) is 0 Å². The summed E-state index contributed by atoms with van der Waals surface area (Å²) in [5.41, 5.74) is 2.77. The minimum atomic E-state index is 0.386. The van der Waals surface area contributed by atoms with E-state index in [1.165, 1.54) is 0 Å². The molecule has 4 nitrogen and oxygen atoms in total. The van der Waals surface area contributed by atoms with Gasteiger partial charge in [-0.3, -0.25) is 4.98 Å². The molecule has 0 unspecified atom stereocenters. The summed E-state index contributed by atoms with van der Waals surface area (Å²) in [7, 11) is 0. The maximum Gasteiger partial charge on any atom is 0.316 e. The van der Waals surface area contributed by atoms with Gasteiger partial charge in [0.1, 0.15) is 0 Å². The van der Waals surface area contributed by atoms with Gasteiger partial charge in [0.2, 0.25) is 0 Å². The van der Waals surface area contributed by atoms with Crippen LogP contribution in [0.2, 0.25) is 0 Å². The van der Waals surface area contributed by atoms with Gasteiger partial charge < -0.3 is 4.74 Å². The molecule has 0 bridgehead atoms. The highest BCUT2D eigenvalue weighted by molar-refractivity contribution is 6.17. The van der Waals surface area contributed by atoms with Gasteiger partial charge in [-0.2, -0.15) is 0 Å². The molecule has 0 fully saturated rings. The van der Waals surface area contributed by atoms with Gasteiger partial charge in [0.15, 0.2) is 0 Å². The zero-order chi connectivity index (χ0) is 12.8. The number of hydrogen-bond acceptors (Lipinski definition) is 4. The molecule has 0 aliphatic carbocycles. The van der Waals surface area contributed by atoms with Crippen molar-refractivity contribution >= 4 is 11.6 Å². The van der Waals surface area contributed by atoms with Gasteiger partial charge in [-0.25, -0.2) is 9.97 Å². The molecule has 2 aromatic heterocycles. The second-order valence-corrected chi connectivity index (χ2v) is 4.08. The van der Waals surface area contributed by atoms with Crippen LogP contribution in [0.15, 0.2) is 30.6 Å². The smallest absolute Gasteiger partial charge is 0.316 e. The fraction of sp³-hybridized carbons (Fsp3) is 0.308. The maximum atomic E-state index is 5.74. The maximum absolute atomic E-state index is 5.74. The van der Waals surface area contributed by atoms with E-state index >= 15 is 0 Å². The third-order valence-electron chi connectivity index (χ3n) is 2.52. The van der Waals surface area contributed by atoms with Crippen LogP contribution < -0.4 is 4.74 Å². The zero-order valence-electron chi connectivity index (χ0n) is 10.1. The molecule has 0 amide bonds. The van der Waals surface area contributed by atoms with E-state index in [9.17, 15) is 0 Å². The van der Waals surface area contributed by atoms with E-state index in [0.717, 1.165) is 23.4 Å². The van der Waals surface area contributed by atoms with E-state index in [0.29, 0.717) is 18.5 Å². The molecule has 2 rings (SSSR count). The van der Waals surface area contributed by atoms with Crippen LogP contribution in [0, 0.1) is 6.92 Å². The van der Waals surface area contributed by atoms with Gasteiger partial charge in [0.25, 0.3) is 0 Å². The van der Waals surface area contributed by atoms with E-state index in [1.807, 2.05) is 25.1 Å². The summed E-state index contributed by atoms with van der Waals surface area (Å²) in [5, 5.41) is 0. The Hall–Kier alpha value is -1.68. The fourth-order valence-corrected chi connectivity index (χ4v) is 1.73. The van der Waals surface area contributed by atoms with E-state index in [2.05, 4.69) is 15.0 Å². The fourth-order valence-electron chi connectivity index (χ4n) is 1.46. The number of hydrogen-bond donors (Lipinski definition) is 0. The quantitative estimate of drug-likeness (QED) is 0.778. The van der Waals surface area contributed by atoms with E-state index in [4.69, 9.17) is 16.3 Å². The second-order valence-electron chi connectivity index (χ2n) is 3.82. The van der Waals surface area contributed by atoms with Crippen LogP contribution in [0.1, 0.15) is 17.0 Å². The lowest BCUT2D eigenvalue weighted by Gasteiger charge is -2.06. The standard InChI is InChI=1S/C13H14ClN3O/c1-10-11(8-14)9-16-13(17-10)18-7-5-12-4-2-3-6-15-12/h2-4,6,9H,5,7-8H2,1H3. The first-order valence-corrected chi connectivity index (χ1v) is 6.24. The number of halogens is 1. The third-order valence-corrected chi connectivity index (χ3v) is 2.81. The Balaban J connectivity index is 1.89. The number of alkyl halides is 1. The average Bonchev–Trinajstić information content (AvgIpc) is 2.40. The van der Waals surface area contributed by atoms with Crippen LogP contribution >= 0.6 is 11.6 Å². The third kappa shape index (κ3) is 3.40. The monoisotopic (exact) mass is 263 g/mol. The van der Waals surface area contributed by atoms with Crippen molar-refractivity contribution in [2.24, 2.45) is 0 Å². The molecule has 0 spiro atoms. The molecule has 0 aromatic carbocycles. The van der Waals surface area contributed by atoms with Crippen molar-refractivity contribution in [1.29, 1.82) is 0 Å². The van der Waals surface area contributed by atoms with Crippen LogP contribution in [0.25, 0.3) is 0 Å². The first kappa shape index (κ1) is 12.8. The summed E-state index contributed by atoms with van der Waals surface area (Å²) >= 11 is 5.74. The summed E-state index contributed by atoms with van der Waals surface area (Å²) in [6.07, 6.45) is 4.21. The summed E-state index contributed by atoms with van der Waals surface area (Å²) in [5.74, 6) is 0.417. The number of nitrogens with zero attached hydrogens (tertiary/aromatic N) is 3. The normalized spacial score (nSPS) is 10.3. The first-order chi connectivity index (χ1) is 8.79. The molecule has 0 radical (unpaired) electrons. The highest BCUT2D eigenvalue weighted by atomic mass is 35.5. The van der Waals surface area contributed by atoms with Gasteiger partial charge in [-0.1, -0.05) is 6.07 Å². The number of aromatic nitrogens is 3. The molecular weight excluding hydrogens is 250 g/mol. The van der Waals surface area contributed by atoms with Crippen molar-refractivity contribution < 1.29 is 4.74 Å². The molecule has 2 aromatic rings. The van der Waals surface area contributed by atoms with Crippen molar-refractivity contribution in [1.82, 2.24) is 15.0 Å². The summed E-state index contributed by atoms with van der Waals surface area (Å²) in [6.45, 7) is 2.40. The number of aryl methyl sites for hydroxylation is 1. The van der Waals surface area contributed by atoms with Gasteiger partial charge in [0.05, 0.1) is 12.5 Å². The second kappa shape index (κ2) is 6.31. The number of pyridine rings is 1. The highest BCUT2D eigenvalue weighted by Gasteiger charge is 2.03. The molecule has 2 heterocycles. The molecule has 0 atom stereocenters. The Morgan fingerprint density at radius 2 is 2.17 bits per heavy atom. The molecule has 0 aliphatic rings. The summed E-state index contributed by atoms with van der Waals surface area (Å²) in [6, 6.07) is 6.20. The predicted octanol–water partition coefficient (Wildman–Crippen LogP) is 2.54. The molecular formula is C13H14ClN3O. The summed E-state index contributed by atoms with van der Waals surface area (Å²) < 4.78 is 5.48. The zero-order valence-corrected chi connectivity index (χ0v) is 10.9. The van der Waals surface area contributed by atoms with E-state index < -0.39 is 0 Å². The van der Waals surface area contributed by atoms with Gasteiger partial charge in [-0.05, 0) is 19.1 Å². The minimum absolute atomic E-state index is 0.386. The van der Waals surface area contributed by atoms with Crippen LogP contribution in [-0.4, -0.2) is 21.6 Å². The van der Waals surface area contributed by atoms with E-state index in [1.54, 1.807) is 12.4 Å². The van der Waals surface area contributed by atoms with Crippen LogP contribution in [-0.2, 0) is 12.3 Å². The highest BCUT2D eigenvalue weighted by Crippen LogP contribution is 2.11. The van der Waals surface area contributed by atoms with Crippen molar-refractivity contribution in [2.45, 2.75) is 19.2 Å². The van der Waals surface area contributed by atoms with Crippen LogP contribution in [0.5, 0.6) is 6.01 Å². The lowest BCUT2D eigenvalue weighted by molar-refractivity contribution is 0.294. The summed E-state index contributed by atoms with van der Waals surface area (Å²) in [4.78, 5) is 12.6. The Bertz CT molecular complexity index is 505. The molecule has 94 valence electrons. The predicted molar refractivity (Wildman–Crippen MR) is 69.8 cm³/mol. The lowest BCUT2D eigenvalue weighted by atomic mass is 10.3. The topological polar surface area (TPSA) is 47.9 Å². The van der Waals surface area contributed by atoms with Gasteiger partial charge >= 0.3 is 6.01 Å². The van der Waals surface area contributed by atoms with Crippen molar-refractivity contribution in [2.75, 3.05) is 6.61 Å². The van der Waals surface area contributed by atoms with Crippen molar-refractivity contribution in [3.8, 4) is 6.01 Å². The van der Waals surface area contributed by atoms with E-state index in [-0.39, 0.29) is 0 Å². The molecule has 0 saturated heterocycles. The van der Waals surface area contributed by atoms with Gasteiger partial charge in [-0.15, -0.1) is 11.6 Å². The average molecular weight is 264 g/mol. The number of ether oxygens (including phenoxy) is 1. The minimum Gasteiger partial charge on any atom is -0.463 e. The Kier molecular flexibility index (Phi) is 4.47. The molecule has 18 heavy (non-hydrogen) atoms. The molecule has 0 saturated carbocycles. The Morgan fingerprint density at radius 1 is 1.28 bits per heavy atom. The molecule has 5 heteroatoms. The molecule has 0 aliphatic heterocycles. The Morgan fingerprint density at radius 3 is 2.83 bits per heavy atom. The Labute approximate surface area is 111 Å². The lowest BCUT2D eigenvalue weighted by Crippen LogP contribution is -2.06. The van der Waals surface area contributed by atoms with Crippen molar-refractivity contribution in [3.05, 3.63) is 47.5 Å². The van der Waals surface area contributed by atoms with Crippen LogP contribution in [0.4, 0.5) is 0 Å². The number of rotatable bonds is 5. The molecule has 0 N–H and O–H groups in total. The van der Waals surface area contributed by atoms with Gasteiger partial charge in [0, 0.05) is 35.8 Å². The first-order valence-electron chi connectivity index (χ1n) is 5.71. The largest absolute Gasteiger partial charge is 0.463 e. The van der Waals surface area contributed by atoms with Crippen LogP contribution in [0.3, 0.4) is 0 Å². The SMILES string of the molecule is Cc1nc(OCCc2ccccn2)ncc1CCl.